The van der Waals surface area contributed by atoms with Gasteiger partial charge in [-0.15, -0.1) is 0 Å². The standard InChI is InChI=1S/C21H20FN3O4/c1-28-17-11-7-14(8-12-17)18(26)3-2-4-19(27)23-13-20-24-21(25-29-20)15-5-9-16(22)10-6-15/h5-12H,2-4,13H2,1H3,(H,23,27). The summed E-state index contributed by atoms with van der Waals surface area (Å²) in [6.07, 6.45) is 0.914. The van der Waals surface area contributed by atoms with Crippen molar-refractivity contribution in [2.45, 2.75) is 25.8 Å². The fourth-order valence-electron chi connectivity index (χ4n) is 2.64. The van der Waals surface area contributed by atoms with Gasteiger partial charge in [-0.1, -0.05) is 5.16 Å². The summed E-state index contributed by atoms with van der Waals surface area (Å²) in [6, 6.07) is 12.6. The Balaban J connectivity index is 1.41. The molecule has 0 radical (unpaired) electrons. The molecule has 0 spiro atoms. The third-order valence-corrected chi connectivity index (χ3v) is 4.23. The molecule has 0 saturated heterocycles. The molecule has 3 aromatic rings. The van der Waals surface area contributed by atoms with Gasteiger partial charge < -0.3 is 14.6 Å². The van der Waals surface area contributed by atoms with E-state index in [9.17, 15) is 14.0 Å². The number of carbonyl (C=O) groups is 2. The highest BCUT2D eigenvalue weighted by atomic mass is 19.1. The van der Waals surface area contributed by atoms with Gasteiger partial charge in [-0.05, 0) is 55.0 Å². The van der Waals surface area contributed by atoms with Gasteiger partial charge in [0.25, 0.3) is 0 Å². The van der Waals surface area contributed by atoms with E-state index in [0.717, 1.165) is 0 Å². The van der Waals surface area contributed by atoms with Crippen LogP contribution in [0.25, 0.3) is 11.4 Å². The number of nitrogens with one attached hydrogen (secondary N) is 1. The first kappa shape index (κ1) is 20.2. The van der Waals surface area contributed by atoms with E-state index in [-0.39, 0.29) is 42.8 Å². The Labute approximate surface area is 166 Å². The first-order chi connectivity index (χ1) is 14.0. The van der Waals surface area contributed by atoms with E-state index in [2.05, 4.69) is 15.5 Å². The van der Waals surface area contributed by atoms with E-state index in [0.29, 0.717) is 29.1 Å². The van der Waals surface area contributed by atoms with Crippen LogP contribution in [-0.2, 0) is 11.3 Å². The third kappa shape index (κ3) is 5.71. The van der Waals surface area contributed by atoms with Gasteiger partial charge in [-0.25, -0.2) is 4.39 Å². The molecule has 1 heterocycles. The molecule has 0 saturated carbocycles. The number of ketones is 1. The number of ether oxygens (including phenoxy) is 1. The van der Waals surface area contributed by atoms with Gasteiger partial charge in [0.2, 0.25) is 17.6 Å². The molecule has 0 atom stereocenters. The second-order valence-electron chi connectivity index (χ2n) is 6.30. The van der Waals surface area contributed by atoms with Crippen molar-refractivity contribution in [2.75, 3.05) is 7.11 Å². The van der Waals surface area contributed by atoms with Gasteiger partial charge in [-0.2, -0.15) is 4.98 Å². The molecule has 150 valence electrons. The lowest BCUT2D eigenvalue weighted by Crippen LogP contribution is -2.22. The van der Waals surface area contributed by atoms with Crippen molar-refractivity contribution >= 4 is 11.7 Å². The summed E-state index contributed by atoms with van der Waals surface area (Å²) >= 11 is 0. The maximum absolute atomic E-state index is 13.0. The largest absolute Gasteiger partial charge is 0.497 e. The van der Waals surface area contributed by atoms with E-state index >= 15 is 0 Å². The van der Waals surface area contributed by atoms with Crippen molar-refractivity contribution in [3.8, 4) is 17.1 Å². The number of nitrogens with zero attached hydrogens (tertiary/aromatic N) is 2. The normalized spacial score (nSPS) is 10.6. The Morgan fingerprint density at radius 1 is 1.07 bits per heavy atom. The van der Waals surface area contributed by atoms with Crippen molar-refractivity contribution in [1.82, 2.24) is 15.5 Å². The molecule has 1 N–H and O–H groups in total. The van der Waals surface area contributed by atoms with Crippen LogP contribution in [0.2, 0.25) is 0 Å². The molecule has 0 bridgehead atoms. The minimum absolute atomic E-state index is 0.0266. The summed E-state index contributed by atoms with van der Waals surface area (Å²) in [7, 11) is 1.56. The fourth-order valence-corrected chi connectivity index (χ4v) is 2.64. The molecule has 0 aliphatic carbocycles. The second-order valence-corrected chi connectivity index (χ2v) is 6.30. The van der Waals surface area contributed by atoms with Crippen LogP contribution < -0.4 is 10.1 Å². The number of methoxy groups -OCH3 is 1. The molecule has 0 aliphatic rings. The average molecular weight is 397 g/mol. The highest BCUT2D eigenvalue weighted by molar-refractivity contribution is 5.96. The van der Waals surface area contributed by atoms with Crippen LogP contribution >= 0.6 is 0 Å². The lowest BCUT2D eigenvalue weighted by Gasteiger charge is -2.04. The molecule has 0 aliphatic heterocycles. The molecule has 0 unspecified atom stereocenters. The lowest BCUT2D eigenvalue weighted by molar-refractivity contribution is -0.121. The Hall–Kier alpha value is -3.55. The molecule has 3 rings (SSSR count). The highest BCUT2D eigenvalue weighted by Crippen LogP contribution is 2.16. The highest BCUT2D eigenvalue weighted by Gasteiger charge is 2.11. The molecule has 0 fully saturated rings. The summed E-state index contributed by atoms with van der Waals surface area (Å²) in [6.45, 7) is 0.0828. The van der Waals surface area contributed by atoms with E-state index in [1.54, 1.807) is 43.5 Å². The number of benzene rings is 2. The molecular formula is C21H20FN3O4. The van der Waals surface area contributed by atoms with E-state index in [1.807, 2.05) is 0 Å². The van der Waals surface area contributed by atoms with E-state index < -0.39 is 0 Å². The van der Waals surface area contributed by atoms with Crippen molar-refractivity contribution in [1.29, 1.82) is 0 Å². The van der Waals surface area contributed by atoms with Crippen LogP contribution in [0.3, 0.4) is 0 Å². The number of halogens is 1. The van der Waals surface area contributed by atoms with Gasteiger partial charge in [-0.3, -0.25) is 9.59 Å². The predicted molar refractivity (Wildman–Crippen MR) is 103 cm³/mol. The number of Topliss-reactive ketones (excluding diaryl/α,β-unsaturated/α-hetero) is 1. The van der Waals surface area contributed by atoms with Gasteiger partial charge in [0.05, 0.1) is 13.7 Å². The van der Waals surface area contributed by atoms with Crippen molar-refractivity contribution in [3.63, 3.8) is 0 Å². The maximum Gasteiger partial charge on any atom is 0.246 e. The number of rotatable bonds is 9. The average Bonchev–Trinajstić information content (AvgIpc) is 3.22. The molecule has 1 amide bonds. The fraction of sp³-hybridized carbons (Fsp3) is 0.238. The Morgan fingerprint density at radius 2 is 1.79 bits per heavy atom. The van der Waals surface area contributed by atoms with E-state index in [4.69, 9.17) is 9.26 Å². The summed E-state index contributed by atoms with van der Waals surface area (Å²) in [5.74, 6) is 0.654. The van der Waals surface area contributed by atoms with Gasteiger partial charge in [0, 0.05) is 24.0 Å². The van der Waals surface area contributed by atoms with Crippen LogP contribution in [0, 0.1) is 5.82 Å². The zero-order valence-corrected chi connectivity index (χ0v) is 15.9. The predicted octanol–water partition coefficient (Wildman–Crippen LogP) is 3.55. The monoisotopic (exact) mass is 397 g/mol. The van der Waals surface area contributed by atoms with Crippen LogP contribution in [0.4, 0.5) is 4.39 Å². The van der Waals surface area contributed by atoms with Gasteiger partial charge in [0.1, 0.15) is 11.6 Å². The number of aromatic nitrogens is 2. The Bertz CT molecular complexity index is 968. The second kappa shape index (κ2) is 9.59. The van der Waals surface area contributed by atoms with Crippen LogP contribution in [0.15, 0.2) is 53.1 Å². The topological polar surface area (TPSA) is 94.3 Å². The summed E-state index contributed by atoms with van der Waals surface area (Å²) < 4.78 is 23.1. The molecule has 1 aromatic heterocycles. The molecule has 2 aromatic carbocycles. The van der Waals surface area contributed by atoms with Crippen molar-refractivity contribution in [2.24, 2.45) is 0 Å². The lowest BCUT2D eigenvalue weighted by atomic mass is 10.1. The molecular weight excluding hydrogens is 377 g/mol. The summed E-state index contributed by atoms with van der Waals surface area (Å²) in [5.41, 5.74) is 1.20. The van der Waals surface area contributed by atoms with Crippen molar-refractivity contribution in [3.05, 3.63) is 65.8 Å². The van der Waals surface area contributed by atoms with Crippen LogP contribution in [0.5, 0.6) is 5.75 Å². The first-order valence-corrected chi connectivity index (χ1v) is 9.07. The number of amides is 1. The third-order valence-electron chi connectivity index (χ3n) is 4.23. The molecule has 8 heteroatoms. The van der Waals surface area contributed by atoms with E-state index in [1.165, 1.54) is 12.1 Å². The quantitative estimate of drug-likeness (QED) is 0.555. The smallest absolute Gasteiger partial charge is 0.246 e. The minimum Gasteiger partial charge on any atom is -0.497 e. The van der Waals surface area contributed by atoms with Crippen LogP contribution in [0.1, 0.15) is 35.5 Å². The Morgan fingerprint density at radius 3 is 2.48 bits per heavy atom. The number of hydrogen-bond acceptors (Lipinski definition) is 6. The SMILES string of the molecule is COc1ccc(C(=O)CCCC(=O)NCc2nc(-c3ccc(F)cc3)no2)cc1. The molecule has 29 heavy (non-hydrogen) atoms. The summed E-state index contributed by atoms with van der Waals surface area (Å²) in [4.78, 5) is 28.3. The van der Waals surface area contributed by atoms with Crippen molar-refractivity contribution < 1.29 is 23.2 Å². The van der Waals surface area contributed by atoms with Gasteiger partial charge >= 0.3 is 0 Å². The maximum atomic E-state index is 13.0. The zero-order chi connectivity index (χ0) is 20.6. The summed E-state index contributed by atoms with van der Waals surface area (Å²) in [5, 5.41) is 6.49. The minimum atomic E-state index is -0.352. The molecule has 7 nitrogen and oxygen atoms in total. The van der Waals surface area contributed by atoms with Gasteiger partial charge in [0.15, 0.2) is 5.78 Å². The number of hydrogen-bond donors (Lipinski definition) is 1. The zero-order valence-electron chi connectivity index (χ0n) is 15.9. The Kier molecular flexibility index (Phi) is 6.67. The van der Waals surface area contributed by atoms with Crippen LogP contribution in [-0.4, -0.2) is 28.9 Å². The number of carbonyl (C=O) groups excluding carboxylic acids is 2. The first-order valence-electron chi connectivity index (χ1n) is 9.07.